The van der Waals surface area contributed by atoms with Crippen molar-refractivity contribution in [2.45, 2.75) is 32.8 Å². The zero-order valence-electron chi connectivity index (χ0n) is 10.6. The molecule has 0 aromatic rings. The molecule has 1 aliphatic rings. The van der Waals surface area contributed by atoms with Gasteiger partial charge in [0.1, 0.15) is 0 Å². The van der Waals surface area contributed by atoms with Gasteiger partial charge in [0.05, 0.1) is 18.6 Å². The van der Waals surface area contributed by atoms with Crippen LogP contribution in [-0.4, -0.2) is 36.9 Å². The quantitative estimate of drug-likeness (QED) is 0.703. The van der Waals surface area contributed by atoms with E-state index in [1.807, 2.05) is 20.8 Å². The topological polar surface area (TPSA) is 58.6 Å². The summed E-state index contributed by atoms with van der Waals surface area (Å²) in [6, 6.07) is 0. The minimum Gasteiger partial charge on any atom is -0.469 e. The summed E-state index contributed by atoms with van der Waals surface area (Å²) in [5.74, 6) is -0.591. The molecule has 4 nitrogen and oxygen atoms in total. The van der Waals surface area contributed by atoms with Gasteiger partial charge in [0, 0.05) is 6.54 Å². The lowest BCUT2D eigenvalue weighted by molar-refractivity contribution is -0.167. The Balaban J connectivity index is 2.94. The maximum atomic E-state index is 11.8. The Morgan fingerprint density at radius 1 is 1.56 bits per heavy atom. The maximum Gasteiger partial charge on any atom is 0.311 e. The fourth-order valence-corrected chi connectivity index (χ4v) is 2.67. The molecule has 0 amide bonds. The number of hydrogen-bond acceptors (Lipinski definition) is 4. The summed E-state index contributed by atoms with van der Waals surface area (Å²) in [5.41, 5.74) is -0.938. The van der Waals surface area contributed by atoms with Crippen LogP contribution >= 0.6 is 0 Å². The Hall–Kier alpha value is -0.610. The summed E-state index contributed by atoms with van der Waals surface area (Å²) in [6.07, 6.45) is 0.603. The van der Waals surface area contributed by atoms with Crippen molar-refractivity contribution < 1.29 is 14.6 Å². The van der Waals surface area contributed by atoms with Crippen LogP contribution in [0.15, 0.2) is 0 Å². The van der Waals surface area contributed by atoms with Crippen LogP contribution in [0.3, 0.4) is 0 Å². The molecule has 4 heteroatoms. The average Bonchev–Trinajstić information content (AvgIpc) is 2.22. The van der Waals surface area contributed by atoms with Gasteiger partial charge < -0.3 is 15.2 Å². The maximum absolute atomic E-state index is 11.8. The first-order valence-corrected chi connectivity index (χ1v) is 5.94. The third kappa shape index (κ3) is 2.38. The van der Waals surface area contributed by atoms with E-state index in [2.05, 4.69) is 5.32 Å². The Morgan fingerprint density at radius 2 is 2.19 bits per heavy atom. The first-order valence-electron chi connectivity index (χ1n) is 5.94. The Labute approximate surface area is 97.4 Å². The van der Waals surface area contributed by atoms with Gasteiger partial charge in [-0.25, -0.2) is 0 Å². The van der Waals surface area contributed by atoms with Crippen LogP contribution in [0.2, 0.25) is 0 Å². The second-order valence-corrected chi connectivity index (χ2v) is 5.09. The van der Waals surface area contributed by atoms with Crippen molar-refractivity contribution in [1.29, 1.82) is 0 Å². The van der Waals surface area contributed by atoms with Gasteiger partial charge in [0.15, 0.2) is 0 Å². The number of carbonyl (C=O) groups is 1. The van der Waals surface area contributed by atoms with Gasteiger partial charge in [-0.15, -0.1) is 0 Å². The lowest BCUT2D eigenvalue weighted by atomic mass is 9.69. The van der Waals surface area contributed by atoms with Gasteiger partial charge in [-0.05, 0) is 24.8 Å². The van der Waals surface area contributed by atoms with Crippen molar-refractivity contribution >= 4 is 5.97 Å². The lowest BCUT2D eigenvalue weighted by Gasteiger charge is -2.44. The summed E-state index contributed by atoms with van der Waals surface area (Å²) in [4.78, 5) is 11.8. The number of methoxy groups -OCH3 is 1. The van der Waals surface area contributed by atoms with E-state index < -0.39 is 11.5 Å². The highest BCUT2D eigenvalue weighted by molar-refractivity contribution is 5.74. The molecular formula is C12H23NO3. The van der Waals surface area contributed by atoms with Crippen LogP contribution < -0.4 is 5.32 Å². The predicted molar refractivity (Wildman–Crippen MR) is 61.9 cm³/mol. The van der Waals surface area contributed by atoms with Crippen molar-refractivity contribution in [2.24, 2.45) is 17.8 Å². The third-order valence-electron chi connectivity index (χ3n) is 3.67. The molecule has 0 spiro atoms. The predicted octanol–water partition coefficient (Wildman–Crippen LogP) is 0.792. The van der Waals surface area contributed by atoms with Crippen molar-refractivity contribution in [2.75, 3.05) is 20.2 Å². The number of esters is 1. The number of hydrogen-bond donors (Lipinski definition) is 2. The van der Waals surface area contributed by atoms with E-state index in [1.165, 1.54) is 7.11 Å². The minimum absolute atomic E-state index is 0.0627. The SMILES string of the molecule is COC(=O)C(C(C)C)C1(O)CCNCC1C. The van der Waals surface area contributed by atoms with Crippen molar-refractivity contribution in [1.82, 2.24) is 5.32 Å². The number of carbonyl (C=O) groups excluding carboxylic acids is 1. The van der Waals surface area contributed by atoms with Gasteiger partial charge in [-0.2, -0.15) is 0 Å². The number of aliphatic hydroxyl groups is 1. The molecule has 1 rings (SSSR count). The molecule has 2 N–H and O–H groups in total. The van der Waals surface area contributed by atoms with Gasteiger partial charge in [0.25, 0.3) is 0 Å². The second kappa shape index (κ2) is 5.15. The molecular weight excluding hydrogens is 206 g/mol. The molecule has 0 saturated carbocycles. The highest BCUT2D eigenvalue weighted by Gasteiger charge is 2.48. The van der Waals surface area contributed by atoms with Gasteiger partial charge in [-0.3, -0.25) is 4.79 Å². The van der Waals surface area contributed by atoms with Crippen LogP contribution in [0.5, 0.6) is 0 Å². The first kappa shape index (κ1) is 13.5. The molecule has 0 aliphatic carbocycles. The highest BCUT2D eigenvalue weighted by Crippen LogP contribution is 2.36. The molecule has 3 atom stereocenters. The van der Waals surface area contributed by atoms with Crippen LogP contribution in [0.1, 0.15) is 27.2 Å². The second-order valence-electron chi connectivity index (χ2n) is 5.09. The Bertz CT molecular complexity index is 255. The van der Waals surface area contributed by atoms with Crippen LogP contribution in [0, 0.1) is 17.8 Å². The summed E-state index contributed by atoms with van der Waals surface area (Å²) in [7, 11) is 1.38. The summed E-state index contributed by atoms with van der Waals surface area (Å²) in [6.45, 7) is 7.38. The molecule has 1 saturated heterocycles. The molecule has 1 fully saturated rings. The molecule has 3 unspecified atom stereocenters. The lowest BCUT2D eigenvalue weighted by Crippen LogP contribution is -2.57. The normalized spacial score (nSPS) is 32.5. The van der Waals surface area contributed by atoms with Gasteiger partial charge >= 0.3 is 5.97 Å². The largest absolute Gasteiger partial charge is 0.469 e. The molecule has 0 aromatic carbocycles. The molecule has 94 valence electrons. The van der Waals surface area contributed by atoms with E-state index in [4.69, 9.17) is 4.74 Å². The van der Waals surface area contributed by atoms with Crippen LogP contribution in [0.25, 0.3) is 0 Å². The van der Waals surface area contributed by atoms with Crippen molar-refractivity contribution in [3.63, 3.8) is 0 Å². The monoisotopic (exact) mass is 229 g/mol. The Kier molecular flexibility index (Phi) is 4.33. The summed E-state index contributed by atoms with van der Waals surface area (Å²) < 4.78 is 4.82. The van der Waals surface area contributed by atoms with Crippen molar-refractivity contribution in [3.05, 3.63) is 0 Å². The summed E-state index contributed by atoms with van der Waals surface area (Å²) >= 11 is 0. The third-order valence-corrected chi connectivity index (χ3v) is 3.67. The number of piperidine rings is 1. The molecule has 16 heavy (non-hydrogen) atoms. The molecule has 0 radical (unpaired) electrons. The minimum atomic E-state index is -0.938. The molecule has 0 aromatic heterocycles. The number of nitrogens with one attached hydrogen (secondary N) is 1. The standard InChI is InChI=1S/C12H23NO3/c1-8(2)10(11(14)16-4)12(15)5-6-13-7-9(12)3/h8-10,13,15H,5-7H2,1-4H3. The van der Waals surface area contributed by atoms with E-state index in [9.17, 15) is 9.90 Å². The van der Waals surface area contributed by atoms with E-state index in [0.29, 0.717) is 6.42 Å². The van der Waals surface area contributed by atoms with E-state index >= 15 is 0 Å². The van der Waals surface area contributed by atoms with Crippen molar-refractivity contribution in [3.8, 4) is 0 Å². The van der Waals surface area contributed by atoms with Gasteiger partial charge in [-0.1, -0.05) is 20.8 Å². The zero-order valence-corrected chi connectivity index (χ0v) is 10.6. The fourth-order valence-electron chi connectivity index (χ4n) is 2.67. The van der Waals surface area contributed by atoms with Crippen LogP contribution in [0.4, 0.5) is 0 Å². The van der Waals surface area contributed by atoms with E-state index in [-0.39, 0.29) is 17.8 Å². The molecule has 1 heterocycles. The Morgan fingerprint density at radius 3 is 2.62 bits per heavy atom. The molecule has 1 aliphatic heterocycles. The summed E-state index contributed by atoms with van der Waals surface area (Å²) in [5, 5.41) is 14.0. The van der Waals surface area contributed by atoms with Gasteiger partial charge in [0.2, 0.25) is 0 Å². The highest BCUT2D eigenvalue weighted by atomic mass is 16.5. The van der Waals surface area contributed by atoms with E-state index in [1.54, 1.807) is 0 Å². The van der Waals surface area contributed by atoms with E-state index in [0.717, 1.165) is 13.1 Å². The molecule has 0 bridgehead atoms. The first-order chi connectivity index (χ1) is 7.43. The fraction of sp³-hybridized carbons (Fsp3) is 0.917. The average molecular weight is 229 g/mol. The zero-order chi connectivity index (χ0) is 12.3. The van der Waals surface area contributed by atoms with Crippen LogP contribution in [-0.2, 0) is 9.53 Å². The number of rotatable bonds is 3. The smallest absolute Gasteiger partial charge is 0.311 e. The number of ether oxygens (including phenoxy) is 1.